The molecule has 0 unspecified atom stereocenters. The lowest BCUT2D eigenvalue weighted by molar-refractivity contribution is 0.139. The molecule has 2 saturated heterocycles. The van der Waals surface area contributed by atoms with Crippen molar-refractivity contribution < 1.29 is 28.4 Å². The number of thiophene rings is 2. The van der Waals surface area contributed by atoms with E-state index in [-0.39, 0.29) is 0 Å². The standard InChI is InChI=1S/C28H34N4O3S.C26H30N4O3S/c1-3-16-33-20-22-19-23(7-9-26(22)35-18-15-32-13-5-6-14-32)30-28-29-12-11-25(31-28)27-10-8-24(36-27)21-34-17-4-2;1-2-12-30(11-1)13-16-33-24-7-5-21-17-20(24)18-31-14-3-4-15-32-19-22-6-8-25(34-22)23-9-10-27-26(28-21)29-23/h3-4,7-12,19H,1-2,5-6,13-18,20-21H2,(H,29,30,31);3-10,17H,1-2,11-16,18-19H2,(H,27,28,29)/b;4-3+. The highest BCUT2D eigenvalue weighted by Crippen LogP contribution is 2.31. The molecule has 6 bridgehead atoms. The van der Waals surface area contributed by atoms with Crippen molar-refractivity contribution in [2.45, 2.75) is 52.1 Å². The van der Waals surface area contributed by atoms with Gasteiger partial charge >= 0.3 is 0 Å². The predicted molar refractivity (Wildman–Crippen MR) is 281 cm³/mol. The third kappa shape index (κ3) is 15.8. The minimum absolute atomic E-state index is 0.438. The molecule has 6 aromatic rings. The number of nitrogens with one attached hydrogen (secondary N) is 2. The summed E-state index contributed by atoms with van der Waals surface area (Å²) < 4.78 is 35.2. The van der Waals surface area contributed by atoms with Crippen LogP contribution in [0.4, 0.5) is 23.3 Å². The fourth-order valence-corrected chi connectivity index (χ4v) is 9.89. The van der Waals surface area contributed by atoms with E-state index in [9.17, 15) is 0 Å². The van der Waals surface area contributed by atoms with Crippen molar-refractivity contribution in [1.82, 2.24) is 29.7 Å². The predicted octanol–water partition coefficient (Wildman–Crippen LogP) is 10.9. The number of likely N-dealkylation sites (tertiary alicyclic amines) is 2. The van der Waals surface area contributed by atoms with E-state index in [2.05, 4.69) is 73.9 Å². The maximum absolute atomic E-state index is 6.16. The lowest BCUT2D eigenvalue weighted by Gasteiger charge is -2.17. The van der Waals surface area contributed by atoms with Gasteiger partial charge in [-0.2, -0.15) is 0 Å². The summed E-state index contributed by atoms with van der Waals surface area (Å²) in [5.41, 5.74) is 5.50. The Labute approximate surface area is 420 Å². The number of aromatic nitrogens is 4. The fraction of sp³-hybridized carbons (Fsp3) is 0.370. The number of nitrogens with zero attached hydrogens (tertiary/aromatic N) is 6. The largest absolute Gasteiger partial charge is 0.492 e. The van der Waals surface area contributed by atoms with Gasteiger partial charge in [0.25, 0.3) is 0 Å². The van der Waals surface area contributed by atoms with Crippen molar-refractivity contribution in [1.29, 1.82) is 0 Å². The van der Waals surface area contributed by atoms with Gasteiger partial charge in [0.1, 0.15) is 24.7 Å². The topological polar surface area (TPSA) is 137 Å². The zero-order valence-electron chi connectivity index (χ0n) is 39.9. The third-order valence-electron chi connectivity index (χ3n) is 11.6. The second kappa shape index (κ2) is 27.5. The zero-order chi connectivity index (χ0) is 48.0. The molecule has 4 aromatic heterocycles. The van der Waals surface area contributed by atoms with Gasteiger partial charge in [-0.3, -0.25) is 9.80 Å². The summed E-state index contributed by atoms with van der Waals surface area (Å²) in [7, 11) is 0. The Hall–Kier alpha value is -5.82. The van der Waals surface area contributed by atoms with Gasteiger partial charge in [0.15, 0.2) is 0 Å². The second-order valence-electron chi connectivity index (χ2n) is 16.9. The Morgan fingerprint density at radius 3 is 2.09 bits per heavy atom. The molecule has 0 radical (unpaired) electrons. The van der Waals surface area contributed by atoms with Crippen LogP contribution in [0.15, 0.2) is 123 Å². The lowest BCUT2D eigenvalue weighted by atomic mass is 10.2. The van der Waals surface area contributed by atoms with Gasteiger partial charge in [0.05, 0.1) is 74.0 Å². The summed E-state index contributed by atoms with van der Waals surface area (Å²) in [6.07, 6.45) is 16.2. The van der Waals surface area contributed by atoms with Crippen LogP contribution in [0.25, 0.3) is 21.1 Å². The number of hydrogen-bond donors (Lipinski definition) is 2. The van der Waals surface area contributed by atoms with Crippen molar-refractivity contribution in [2.24, 2.45) is 0 Å². The molecule has 2 N–H and O–H groups in total. The van der Waals surface area contributed by atoms with Crippen molar-refractivity contribution in [3.8, 4) is 32.6 Å². The quantitative estimate of drug-likeness (QED) is 0.0588. The number of hydrogen-bond acceptors (Lipinski definition) is 16. The summed E-state index contributed by atoms with van der Waals surface area (Å²) in [5, 5.41) is 6.67. The summed E-state index contributed by atoms with van der Waals surface area (Å²) in [5.74, 6) is 2.78. The molecule has 16 heteroatoms. The van der Waals surface area contributed by atoms with Gasteiger partial charge in [-0.05, 0) is 125 Å². The highest BCUT2D eigenvalue weighted by atomic mass is 32.1. The van der Waals surface area contributed by atoms with Crippen LogP contribution in [-0.4, -0.2) is 109 Å². The molecule has 2 aromatic carbocycles. The lowest BCUT2D eigenvalue weighted by Crippen LogP contribution is -2.25. The van der Waals surface area contributed by atoms with Crippen LogP contribution >= 0.6 is 22.7 Å². The molecule has 2 fully saturated rings. The number of rotatable bonds is 19. The molecule has 0 amide bonds. The van der Waals surface area contributed by atoms with E-state index in [1.807, 2.05) is 54.6 Å². The molecule has 70 heavy (non-hydrogen) atoms. The van der Waals surface area contributed by atoms with Gasteiger partial charge in [-0.1, -0.05) is 24.3 Å². The Kier molecular flexibility index (Phi) is 19.9. The van der Waals surface area contributed by atoms with Crippen molar-refractivity contribution in [3.05, 3.63) is 144 Å². The van der Waals surface area contributed by atoms with E-state index in [1.54, 1.807) is 47.2 Å². The average Bonchev–Trinajstić information content (AvgIpc) is 4.25. The maximum atomic E-state index is 6.16. The van der Waals surface area contributed by atoms with Gasteiger partial charge in [-0.15, -0.1) is 35.8 Å². The number of anilines is 4. The van der Waals surface area contributed by atoms with E-state index in [1.165, 1.54) is 43.6 Å². The van der Waals surface area contributed by atoms with Crippen LogP contribution in [0, 0.1) is 0 Å². The van der Waals surface area contributed by atoms with E-state index in [4.69, 9.17) is 38.4 Å². The summed E-state index contributed by atoms with van der Waals surface area (Å²) >= 11 is 3.35. The molecule has 0 atom stereocenters. The zero-order valence-corrected chi connectivity index (χ0v) is 41.5. The number of fused-ring (bicyclic) bond motifs is 7. The number of ether oxygens (including phenoxy) is 6. The third-order valence-corrected chi connectivity index (χ3v) is 13.7. The molecule has 3 aliphatic rings. The van der Waals surface area contributed by atoms with Crippen molar-refractivity contribution >= 4 is 45.9 Å². The monoisotopic (exact) mass is 984 g/mol. The SMILES string of the molecule is C1=C/COCc2cc(ccc2OCCN2CCCC2)Nc2nccc(n2)-c2ccc(s2)COC/1.C=CCOCc1ccc(-c2ccnc(Nc3ccc(OCCN4CCCC4)c(COCC=C)c3)n2)s1. The van der Waals surface area contributed by atoms with Gasteiger partial charge in [0.2, 0.25) is 11.9 Å². The Morgan fingerprint density at radius 1 is 0.671 bits per heavy atom. The Morgan fingerprint density at radius 2 is 1.33 bits per heavy atom. The van der Waals surface area contributed by atoms with Crippen LogP contribution in [0.1, 0.15) is 46.6 Å². The fourth-order valence-electron chi connectivity index (χ4n) is 8.06. The highest BCUT2D eigenvalue weighted by molar-refractivity contribution is 7.15. The first-order valence-electron chi connectivity index (χ1n) is 24.1. The highest BCUT2D eigenvalue weighted by Gasteiger charge is 2.16. The molecule has 0 spiro atoms. The molecule has 3 aliphatic heterocycles. The minimum Gasteiger partial charge on any atom is -0.492 e. The smallest absolute Gasteiger partial charge is 0.227 e. The minimum atomic E-state index is 0.438. The van der Waals surface area contributed by atoms with Crippen LogP contribution in [0.3, 0.4) is 0 Å². The Bertz CT molecular complexity index is 2590. The molecule has 9 rings (SSSR count). The molecular formula is C54H64N8O6S2. The van der Waals surface area contributed by atoms with E-state index >= 15 is 0 Å². The van der Waals surface area contributed by atoms with Crippen LogP contribution < -0.4 is 20.1 Å². The average molecular weight is 985 g/mol. The molecular weight excluding hydrogens is 921 g/mol. The maximum Gasteiger partial charge on any atom is 0.227 e. The van der Waals surface area contributed by atoms with Crippen LogP contribution in [-0.2, 0) is 45.4 Å². The first-order valence-corrected chi connectivity index (χ1v) is 25.7. The summed E-state index contributed by atoms with van der Waals surface area (Å²) in [4.78, 5) is 27.6. The molecule has 0 saturated carbocycles. The van der Waals surface area contributed by atoms with Gasteiger partial charge in [0, 0.05) is 57.7 Å². The van der Waals surface area contributed by atoms with Gasteiger partial charge < -0.3 is 39.1 Å². The van der Waals surface area contributed by atoms with E-state index < -0.39 is 0 Å². The summed E-state index contributed by atoms with van der Waals surface area (Å²) in [6, 6.07) is 24.2. The van der Waals surface area contributed by atoms with Gasteiger partial charge in [-0.25, -0.2) is 19.9 Å². The molecule has 0 aliphatic carbocycles. The molecule has 368 valence electrons. The first kappa shape index (κ1) is 50.6. The van der Waals surface area contributed by atoms with Crippen LogP contribution in [0.2, 0.25) is 0 Å². The normalized spacial score (nSPS) is 15.7. The van der Waals surface area contributed by atoms with Crippen molar-refractivity contribution in [2.75, 3.05) is 89.5 Å². The van der Waals surface area contributed by atoms with Crippen LogP contribution in [0.5, 0.6) is 11.5 Å². The van der Waals surface area contributed by atoms with Crippen molar-refractivity contribution in [3.63, 3.8) is 0 Å². The van der Waals surface area contributed by atoms with E-state index in [0.717, 1.165) is 86.2 Å². The molecule has 7 heterocycles. The number of benzene rings is 2. The second-order valence-corrected chi connectivity index (χ2v) is 19.2. The van der Waals surface area contributed by atoms with E-state index in [0.29, 0.717) is 78.0 Å². The Balaban J connectivity index is 0.000000188. The summed E-state index contributed by atoms with van der Waals surface area (Å²) in [6.45, 7) is 19.4. The molecule has 14 nitrogen and oxygen atoms in total. The first-order chi connectivity index (χ1) is 34.6.